The van der Waals surface area contributed by atoms with Gasteiger partial charge in [-0.05, 0) is 18.6 Å². The summed E-state index contributed by atoms with van der Waals surface area (Å²) in [5, 5.41) is 0. The molecule has 140 valence electrons. The van der Waals surface area contributed by atoms with Gasteiger partial charge in [-0.25, -0.2) is 4.79 Å². The van der Waals surface area contributed by atoms with Crippen LogP contribution >= 0.6 is 0 Å². The van der Waals surface area contributed by atoms with Gasteiger partial charge in [0, 0.05) is 12.1 Å². The van der Waals surface area contributed by atoms with Crippen LogP contribution in [0.4, 0.5) is 5.82 Å². The minimum absolute atomic E-state index is 0.0696. The molecule has 0 spiro atoms. The Hall–Kier alpha value is -2.87. The summed E-state index contributed by atoms with van der Waals surface area (Å²) in [7, 11) is 3.45. The number of ether oxygens (including phenoxy) is 1. The topological polar surface area (TPSA) is 112 Å². The van der Waals surface area contributed by atoms with Crippen molar-refractivity contribution in [3.63, 3.8) is 0 Å². The van der Waals surface area contributed by atoms with Gasteiger partial charge in [0.05, 0.1) is 14.2 Å². The van der Waals surface area contributed by atoms with Crippen LogP contribution in [0, 0.1) is 0 Å². The Morgan fingerprint density at radius 3 is 2.73 bits per heavy atom. The van der Waals surface area contributed by atoms with Crippen LogP contribution in [0.3, 0.4) is 0 Å². The molecule has 1 atom stereocenters. The minimum Gasteiger partial charge on any atom is -0.497 e. The van der Waals surface area contributed by atoms with Crippen LogP contribution < -0.4 is 26.6 Å². The number of anilines is 1. The van der Waals surface area contributed by atoms with E-state index in [1.54, 1.807) is 7.11 Å². The first kappa shape index (κ1) is 19.5. The molecule has 26 heavy (non-hydrogen) atoms. The number of Topliss-reactive ketones (excluding diaryl/α,β-unsaturated/α-hetero) is 1. The van der Waals surface area contributed by atoms with Gasteiger partial charge in [0.25, 0.3) is 5.56 Å². The first-order chi connectivity index (χ1) is 12.4. The second-order valence-corrected chi connectivity index (χ2v) is 6.26. The fourth-order valence-electron chi connectivity index (χ4n) is 2.86. The van der Waals surface area contributed by atoms with Crippen molar-refractivity contribution in [2.45, 2.75) is 26.4 Å². The quantitative estimate of drug-likeness (QED) is 0.546. The maximum atomic E-state index is 12.6. The largest absolute Gasteiger partial charge is 0.497 e. The number of nitrogens with two attached hydrogens (primary N) is 1. The third-order valence-electron chi connectivity index (χ3n) is 4.07. The molecule has 8 heteroatoms. The monoisotopic (exact) mass is 361 g/mol. The van der Waals surface area contributed by atoms with Gasteiger partial charge in [-0.3, -0.25) is 19.1 Å². The van der Waals surface area contributed by atoms with Crippen LogP contribution in [-0.4, -0.2) is 36.0 Å². The Balaban J connectivity index is 2.20. The fourth-order valence-corrected chi connectivity index (χ4v) is 2.86. The number of aromatic amines is 1. The lowest BCUT2D eigenvalue weighted by Crippen LogP contribution is -3.08. The molecule has 2 aromatic rings. The van der Waals surface area contributed by atoms with Crippen molar-refractivity contribution in [2.75, 3.05) is 26.4 Å². The van der Waals surface area contributed by atoms with E-state index in [-0.39, 0.29) is 17.9 Å². The molecule has 1 unspecified atom stereocenters. The molecule has 1 aromatic heterocycles. The minimum atomic E-state index is -0.737. The lowest BCUT2D eigenvalue weighted by molar-refractivity contribution is -0.884. The van der Waals surface area contributed by atoms with Crippen molar-refractivity contribution < 1.29 is 14.4 Å². The summed E-state index contributed by atoms with van der Waals surface area (Å²) in [4.78, 5) is 39.6. The smallest absolute Gasteiger partial charge is 0.329 e. The number of hydrogen-bond donors (Lipinski definition) is 3. The number of ketones is 1. The van der Waals surface area contributed by atoms with Gasteiger partial charge in [-0.15, -0.1) is 0 Å². The van der Waals surface area contributed by atoms with E-state index in [1.165, 1.54) is 4.57 Å². The maximum Gasteiger partial charge on any atom is 0.329 e. The molecule has 0 fully saturated rings. The van der Waals surface area contributed by atoms with Gasteiger partial charge in [-0.2, -0.15) is 0 Å². The average Bonchev–Trinajstić information content (AvgIpc) is 2.58. The molecular weight excluding hydrogens is 336 g/mol. The Labute approximate surface area is 151 Å². The van der Waals surface area contributed by atoms with Gasteiger partial charge >= 0.3 is 5.69 Å². The molecule has 1 aromatic carbocycles. The molecule has 1 heterocycles. The van der Waals surface area contributed by atoms with Crippen molar-refractivity contribution in [3.05, 3.63) is 56.2 Å². The van der Waals surface area contributed by atoms with E-state index in [0.29, 0.717) is 19.5 Å². The Kier molecular flexibility index (Phi) is 6.35. The second-order valence-electron chi connectivity index (χ2n) is 6.26. The Morgan fingerprint density at radius 1 is 1.35 bits per heavy atom. The van der Waals surface area contributed by atoms with Gasteiger partial charge in [0.1, 0.15) is 30.2 Å². The van der Waals surface area contributed by atoms with Crippen molar-refractivity contribution >= 4 is 11.6 Å². The van der Waals surface area contributed by atoms with E-state index in [1.807, 2.05) is 38.2 Å². The van der Waals surface area contributed by atoms with Crippen LogP contribution in [0.1, 0.15) is 29.3 Å². The lowest BCUT2D eigenvalue weighted by atomic mass is 10.1. The Bertz CT molecular complexity index is 901. The van der Waals surface area contributed by atoms with Gasteiger partial charge in [-0.1, -0.05) is 19.1 Å². The van der Waals surface area contributed by atoms with Crippen LogP contribution in [0.2, 0.25) is 0 Å². The summed E-state index contributed by atoms with van der Waals surface area (Å²) in [5.41, 5.74) is 5.46. The standard InChI is InChI=1S/C18H24N4O4/c1-4-8-22-16(19)15(17(24)20-18(22)25)14(23)11-21(2)10-12-6-5-7-13(9-12)26-3/h5-7,9H,4,8,10-11,19H2,1-3H3,(H,20,24,25)/p+1. The summed E-state index contributed by atoms with van der Waals surface area (Å²) < 4.78 is 6.42. The molecule has 8 nitrogen and oxygen atoms in total. The molecular formula is C18H25N4O4+. The zero-order chi connectivity index (χ0) is 19.3. The van der Waals surface area contributed by atoms with Crippen molar-refractivity contribution in [1.82, 2.24) is 9.55 Å². The van der Waals surface area contributed by atoms with E-state index in [2.05, 4.69) is 4.98 Å². The highest BCUT2D eigenvalue weighted by Gasteiger charge is 2.22. The molecule has 0 saturated heterocycles. The number of nitrogen functional groups attached to an aromatic ring is 1. The molecule has 2 rings (SSSR count). The SMILES string of the molecule is CCCn1c(N)c(C(=O)C[NH+](C)Cc2cccc(OC)c2)c(=O)[nH]c1=O. The van der Waals surface area contributed by atoms with Gasteiger partial charge in [0.2, 0.25) is 5.78 Å². The number of nitrogens with one attached hydrogen (secondary N) is 2. The summed E-state index contributed by atoms with van der Waals surface area (Å²) in [5.74, 6) is 0.280. The third-order valence-corrected chi connectivity index (χ3v) is 4.07. The van der Waals surface area contributed by atoms with E-state index in [0.717, 1.165) is 16.2 Å². The number of nitrogens with zero attached hydrogens (tertiary/aromatic N) is 1. The highest BCUT2D eigenvalue weighted by Crippen LogP contribution is 2.11. The highest BCUT2D eigenvalue weighted by atomic mass is 16.5. The maximum absolute atomic E-state index is 12.6. The first-order valence-electron chi connectivity index (χ1n) is 8.47. The Morgan fingerprint density at radius 2 is 2.08 bits per heavy atom. The van der Waals surface area contributed by atoms with Gasteiger partial charge in [0.15, 0.2) is 0 Å². The number of quaternary nitrogens is 1. The van der Waals surface area contributed by atoms with Crippen LogP contribution in [0.5, 0.6) is 5.75 Å². The summed E-state index contributed by atoms with van der Waals surface area (Å²) in [6.45, 7) is 2.88. The average molecular weight is 361 g/mol. The molecule has 0 aliphatic heterocycles. The molecule has 0 aliphatic carbocycles. The number of carbonyl (C=O) groups is 1. The van der Waals surface area contributed by atoms with Crippen LogP contribution in [-0.2, 0) is 13.1 Å². The van der Waals surface area contributed by atoms with E-state index < -0.39 is 17.0 Å². The number of carbonyl (C=O) groups excluding carboxylic acids is 1. The number of H-pyrrole nitrogens is 1. The summed E-state index contributed by atoms with van der Waals surface area (Å²) >= 11 is 0. The third kappa shape index (κ3) is 4.40. The number of hydrogen-bond acceptors (Lipinski definition) is 5. The van der Waals surface area contributed by atoms with Crippen molar-refractivity contribution in [2.24, 2.45) is 0 Å². The zero-order valence-electron chi connectivity index (χ0n) is 15.3. The summed E-state index contributed by atoms with van der Waals surface area (Å²) in [6.07, 6.45) is 0.658. The van der Waals surface area contributed by atoms with Crippen molar-refractivity contribution in [1.29, 1.82) is 0 Å². The molecule has 0 amide bonds. The van der Waals surface area contributed by atoms with Gasteiger partial charge < -0.3 is 15.4 Å². The molecule has 4 N–H and O–H groups in total. The number of likely N-dealkylation sites (N-methyl/N-ethyl adjacent to an activating group) is 1. The molecule has 0 aliphatic rings. The number of benzene rings is 1. The lowest BCUT2D eigenvalue weighted by Gasteiger charge is -2.15. The highest BCUT2D eigenvalue weighted by molar-refractivity contribution is 6.00. The van der Waals surface area contributed by atoms with E-state index in [9.17, 15) is 14.4 Å². The second kappa shape index (κ2) is 8.48. The zero-order valence-corrected chi connectivity index (χ0v) is 15.3. The van der Waals surface area contributed by atoms with Crippen molar-refractivity contribution in [3.8, 4) is 5.75 Å². The van der Waals surface area contributed by atoms with E-state index >= 15 is 0 Å². The molecule has 0 saturated carbocycles. The first-order valence-corrected chi connectivity index (χ1v) is 8.47. The fraction of sp³-hybridized carbons (Fsp3) is 0.389. The van der Waals surface area contributed by atoms with E-state index in [4.69, 9.17) is 10.5 Å². The molecule has 0 bridgehead atoms. The number of rotatable bonds is 8. The molecule has 0 radical (unpaired) electrons. The predicted octanol–water partition coefficient (Wildman–Crippen LogP) is -0.565. The number of aromatic nitrogens is 2. The number of methoxy groups -OCH3 is 1. The normalized spacial score (nSPS) is 12.0. The predicted molar refractivity (Wildman–Crippen MR) is 98.8 cm³/mol. The van der Waals surface area contributed by atoms with Crippen LogP contribution in [0.15, 0.2) is 33.9 Å². The van der Waals surface area contributed by atoms with Crippen LogP contribution in [0.25, 0.3) is 0 Å². The summed E-state index contributed by atoms with van der Waals surface area (Å²) in [6, 6.07) is 7.57.